The summed E-state index contributed by atoms with van der Waals surface area (Å²) in [5, 5.41) is 18.3. The van der Waals surface area contributed by atoms with Gasteiger partial charge < -0.3 is 14.9 Å². The molecule has 0 bridgehead atoms. The molecule has 0 fully saturated rings. The highest BCUT2D eigenvalue weighted by Crippen LogP contribution is 2.24. The number of aryl methyl sites for hydroxylation is 2. The fourth-order valence-electron chi connectivity index (χ4n) is 2.96. The van der Waals surface area contributed by atoms with Gasteiger partial charge in [-0.3, -0.25) is 0 Å². The zero-order chi connectivity index (χ0) is 21.2. The summed E-state index contributed by atoms with van der Waals surface area (Å²) in [6.07, 6.45) is 2.53. The normalized spacial score (nSPS) is 10.9. The number of rotatable bonds is 11. The van der Waals surface area contributed by atoms with Gasteiger partial charge >= 0.3 is 5.97 Å². The lowest BCUT2D eigenvalue weighted by Gasteiger charge is -2.11. The highest BCUT2D eigenvalue weighted by molar-refractivity contribution is 5.86. The van der Waals surface area contributed by atoms with E-state index >= 15 is 0 Å². The molecule has 2 N–H and O–H groups in total. The molecular formula is C24H29FO4. The third-order valence-corrected chi connectivity index (χ3v) is 4.87. The zero-order valence-corrected chi connectivity index (χ0v) is 16.9. The first-order chi connectivity index (χ1) is 13.9. The maximum Gasteiger partial charge on any atom is 0.333 e. The molecule has 2 rings (SSSR count). The van der Waals surface area contributed by atoms with Crippen molar-refractivity contribution in [3.8, 4) is 11.1 Å². The maximum absolute atomic E-state index is 14.4. The van der Waals surface area contributed by atoms with E-state index in [4.69, 9.17) is 14.9 Å². The monoisotopic (exact) mass is 400 g/mol. The van der Waals surface area contributed by atoms with Crippen molar-refractivity contribution in [2.24, 2.45) is 5.92 Å². The van der Waals surface area contributed by atoms with E-state index in [1.807, 2.05) is 30.3 Å². The first-order valence-corrected chi connectivity index (χ1v) is 9.86. The van der Waals surface area contributed by atoms with Gasteiger partial charge in [0.2, 0.25) is 0 Å². The summed E-state index contributed by atoms with van der Waals surface area (Å²) in [5.74, 6) is -0.792. The van der Waals surface area contributed by atoms with Crippen molar-refractivity contribution < 1.29 is 24.1 Å². The lowest BCUT2D eigenvalue weighted by atomic mass is 9.97. The predicted octanol–water partition coefficient (Wildman–Crippen LogP) is 4.08. The number of aliphatic hydroxyl groups excluding tert-OH is 2. The molecule has 0 spiro atoms. The molecule has 0 amide bonds. The lowest BCUT2D eigenvalue weighted by molar-refractivity contribution is -0.139. The highest BCUT2D eigenvalue weighted by atomic mass is 19.1. The molecule has 0 aliphatic carbocycles. The SMILES string of the molecule is C=C(C)C(=O)OCCCc1ccc(-c2ccc(CCC(CO)CO)cc2)cc1F. The van der Waals surface area contributed by atoms with Crippen LogP contribution in [0.4, 0.5) is 4.39 Å². The Morgan fingerprint density at radius 2 is 1.72 bits per heavy atom. The van der Waals surface area contributed by atoms with Gasteiger partial charge in [-0.05, 0) is 60.9 Å². The zero-order valence-electron chi connectivity index (χ0n) is 16.9. The summed E-state index contributed by atoms with van der Waals surface area (Å²) in [6, 6.07) is 13.1. The molecule has 5 heteroatoms. The van der Waals surface area contributed by atoms with Crippen LogP contribution in [0.1, 0.15) is 30.9 Å². The smallest absolute Gasteiger partial charge is 0.333 e. The molecule has 0 aliphatic heterocycles. The van der Waals surface area contributed by atoms with Crippen molar-refractivity contribution in [3.05, 3.63) is 71.6 Å². The third-order valence-electron chi connectivity index (χ3n) is 4.87. The summed E-state index contributed by atoms with van der Waals surface area (Å²) in [6.45, 7) is 5.32. The molecule has 2 aromatic rings. The molecule has 0 atom stereocenters. The molecule has 0 unspecified atom stereocenters. The fourth-order valence-corrected chi connectivity index (χ4v) is 2.96. The summed E-state index contributed by atoms with van der Waals surface area (Å²) in [5.41, 5.74) is 3.79. The molecule has 29 heavy (non-hydrogen) atoms. The molecule has 0 aliphatic rings. The fraction of sp³-hybridized carbons (Fsp3) is 0.375. The lowest BCUT2D eigenvalue weighted by Crippen LogP contribution is -2.11. The van der Waals surface area contributed by atoms with Gasteiger partial charge in [-0.25, -0.2) is 9.18 Å². The molecular weight excluding hydrogens is 371 g/mol. The van der Waals surface area contributed by atoms with E-state index in [1.54, 1.807) is 13.0 Å². The van der Waals surface area contributed by atoms with Crippen LogP contribution < -0.4 is 0 Å². The second-order valence-electron chi connectivity index (χ2n) is 7.29. The van der Waals surface area contributed by atoms with Gasteiger partial charge in [-0.2, -0.15) is 0 Å². The second-order valence-corrected chi connectivity index (χ2v) is 7.29. The third kappa shape index (κ3) is 7.11. The van der Waals surface area contributed by atoms with Crippen LogP contribution in [0.15, 0.2) is 54.6 Å². The van der Waals surface area contributed by atoms with Crippen molar-refractivity contribution in [2.75, 3.05) is 19.8 Å². The second kappa shape index (κ2) is 11.5. The van der Waals surface area contributed by atoms with E-state index in [2.05, 4.69) is 6.58 Å². The van der Waals surface area contributed by atoms with Gasteiger partial charge in [-0.1, -0.05) is 43.0 Å². The number of hydrogen-bond acceptors (Lipinski definition) is 4. The molecule has 0 heterocycles. The Hall–Kier alpha value is -2.50. The largest absolute Gasteiger partial charge is 0.462 e. The number of aliphatic hydroxyl groups is 2. The number of ether oxygens (including phenoxy) is 1. The Balaban J connectivity index is 1.92. The highest BCUT2D eigenvalue weighted by Gasteiger charge is 2.09. The number of halogens is 1. The summed E-state index contributed by atoms with van der Waals surface area (Å²) in [7, 11) is 0. The van der Waals surface area contributed by atoms with Gasteiger partial charge in [0.15, 0.2) is 0 Å². The first kappa shape index (κ1) is 22.8. The number of carbonyl (C=O) groups excluding carboxylic acids is 1. The van der Waals surface area contributed by atoms with Crippen molar-refractivity contribution in [3.63, 3.8) is 0 Å². The Kier molecular flexibility index (Phi) is 9.03. The van der Waals surface area contributed by atoms with E-state index in [0.717, 1.165) is 29.5 Å². The Bertz CT molecular complexity index is 810. The topological polar surface area (TPSA) is 66.8 Å². The van der Waals surface area contributed by atoms with Crippen LogP contribution in [0.25, 0.3) is 11.1 Å². The van der Waals surface area contributed by atoms with Gasteiger partial charge in [0.25, 0.3) is 0 Å². The Morgan fingerprint density at radius 3 is 2.31 bits per heavy atom. The van der Waals surface area contributed by atoms with Crippen molar-refractivity contribution in [1.29, 1.82) is 0 Å². The van der Waals surface area contributed by atoms with Crippen LogP contribution in [-0.4, -0.2) is 36.0 Å². The van der Waals surface area contributed by atoms with Gasteiger partial charge in [0, 0.05) is 24.7 Å². The quantitative estimate of drug-likeness (QED) is 0.339. The van der Waals surface area contributed by atoms with Gasteiger partial charge in [-0.15, -0.1) is 0 Å². The van der Waals surface area contributed by atoms with Crippen LogP contribution in [0.2, 0.25) is 0 Å². The minimum absolute atomic E-state index is 0.0173. The summed E-state index contributed by atoms with van der Waals surface area (Å²) in [4.78, 5) is 11.3. The standard InChI is InChI=1S/C24H29FO4/c1-17(2)24(28)29-13-3-4-21-11-12-22(14-23(21)25)20-9-7-18(8-10-20)5-6-19(15-26)16-27/h7-12,14,19,26-27H,1,3-6,13,15-16H2,2H3. The van der Waals surface area contributed by atoms with Crippen molar-refractivity contribution >= 4 is 5.97 Å². The van der Waals surface area contributed by atoms with Crippen LogP contribution in [-0.2, 0) is 22.4 Å². The maximum atomic E-state index is 14.4. The van der Waals surface area contributed by atoms with E-state index in [0.29, 0.717) is 24.0 Å². The number of esters is 1. The molecule has 0 aromatic heterocycles. The average Bonchev–Trinajstić information content (AvgIpc) is 2.73. The number of benzene rings is 2. The Morgan fingerprint density at radius 1 is 1.07 bits per heavy atom. The molecule has 2 aromatic carbocycles. The van der Waals surface area contributed by atoms with Crippen LogP contribution in [0.3, 0.4) is 0 Å². The summed E-state index contributed by atoms with van der Waals surface area (Å²) >= 11 is 0. The number of hydrogen-bond donors (Lipinski definition) is 2. The Labute approximate surface area is 171 Å². The van der Waals surface area contributed by atoms with Crippen LogP contribution >= 0.6 is 0 Å². The van der Waals surface area contributed by atoms with Crippen LogP contribution in [0.5, 0.6) is 0 Å². The van der Waals surface area contributed by atoms with E-state index < -0.39 is 5.97 Å². The van der Waals surface area contributed by atoms with E-state index in [1.165, 1.54) is 6.07 Å². The predicted molar refractivity (Wildman–Crippen MR) is 112 cm³/mol. The first-order valence-electron chi connectivity index (χ1n) is 9.86. The summed E-state index contributed by atoms with van der Waals surface area (Å²) < 4.78 is 19.5. The van der Waals surface area contributed by atoms with E-state index in [-0.39, 0.29) is 31.6 Å². The van der Waals surface area contributed by atoms with E-state index in [9.17, 15) is 9.18 Å². The number of carbonyl (C=O) groups is 1. The van der Waals surface area contributed by atoms with Crippen molar-refractivity contribution in [1.82, 2.24) is 0 Å². The molecule has 156 valence electrons. The van der Waals surface area contributed by atoms with Crippen molar-refractivity contribution in [2.45, 2.75) is 32.6 Å². The van der Waals surface area contributed by atoms with Gasteiger partial charge in [0.05, 0.1) is 6.61 Å². The minimum Gasteiger partial charge on any atom is -0.462 e. The molecule has 0 saturated carbocycles. The minimum atomic E-state index is -0.424. The van der Waals surface area contributed by atoms with Gasteiger partial charge in [0.1, 0.15) is 5.82 Å². The average molecular weight is 400 g/mol. The molecule has 0 radical (unpaired) electrons. The molecule has 4 nitrogen and oxygen atoms in total. The molecule has 0 saturated heterocycles. The van der Waals surface area contributed by atoms with Crippen LogP contribution in [0, 0.1) is 11.7 Å².